The molecule has 0 aromatic carbocycles. The molecular formula is C11H22O2. The van der Waals surface area contributed by atoms with Crippen LogP contribution in [-0.2, 0) is 9.53 Å². The van der Waals surface area contributed by atoms with Crippen molar-refractivity contribution in [3.63, 3.8) is 0 Å². The Bertz CT molecular complexity index is 148. The molecule has 0 aliphatic rings. The van der Waals surface area contributed by atoms with Crippen LogP contribution < -0.4 is 0 Å². The lowest BCUT2D eigenvalue weighted by Gasteiger charge is -2.19. The molecule has 0 spiro atoms. The van der Waals surface area contributed by atoms with Gasteiger partial charge in [-0.05, 0) is 25.7 Å². The highest BCUT2D eigenvalue weighted by Crippen LogP contribution is 2.13. The minimum absolute atomic E-state index is 0.0353. The van der Waals surface area contributed by atoms with Crippen LogP contribution in [0.4, 0.5) is 0 Å². The molecule has 0 saturated carbocycles. The second-order valence-corrected chi connectivity index (χ2v) is 3.90. The molecule has 0 saturated heterocycles. The van der Waals surface area contributed by atoms with Crippen molar-refractivity contribution in [2.75, 3.05) is 0 Å². The molecule has 0 heterocycles. The summed E-state index contributed by atoms with van der Waals surface area (Å²) in [6, 6.07) is 0. The van der Waals surface area contributed by atoms with Gasteiger partial charge in [0.2, 0.25) is 0 Å². The molecule has 13 heavy (non-hydrogen) atoms. The van der Waals surface area contributed by atoms with Crippen molar-refractivity contribution in [3.05, 3.63) is 0 Å². The quantitative estimate of drug-likeness (QED) is 0.617. The first kappa shape index (κ1) is 12.5. The van der Waals surface area contributed by atoms with Gasteiger partial charge in [0.1, 0.15) is 6.10 Å². The number of hydrogen-bond acceptors (Lipinski definition) is 2. The standard InChI is InChI=1S/C11H22O2/c1-6-10(7-2)11(12)13-9(5)8(3)4/h8-10H,6-7H2,1-5H3. The Morgan fingerprint density at radius 3 is 1.92 bits per heavy atom. The first-order valence-electron chi connectivity index (χ1n) is 5.23. The molecule has 0 aromatic rings. The fourth-order valence-electron chi connectivity index (χ4n) is 1.04. The van der Waals surface area contributed by atoms with Gasteiger partial charge >= 0.3 is 5.97 Å². The van der Waals surface area contributed by atoms with Gasteiger partial charge in [0, 0.05) is 0 Å². The van der Waals surface area contributed by atoms with Crippen LogP contribution in [0.3, 0.4) is 0 Å². The predicted molar refractivity (Wildman–Crippen MR) is 54.5 cm³/mol. The smallest absolute Gasteiger partial charge is 0.309 e. The SMILES string of the molecule is CCC(CC)C(=O)OC(C)C(C)C. The van der Waals surface area contributed by atoms with E-state index in [2.05, 4.69) is 13.8 Å². The van der Waals surface area contributed by atoms with Crippen molar-refractivity contribution in [1.82, 2.24) is 0 Å². The van der Waals surface area contributed by atoms with E-state index in [0.29, 0.717) is 5.92 Å². The zero-order chi connectivity index (χ0) is 10.4. The largest absolute Gasteiger partial charge is 0.462 e. The Morgan fingerprint density at radius 1 is 1.15 bits per heavy atom. The monoisotopic (exact) mass is 186 g/mol. The lowest BCUT2D eigenvalue weighted by atomic mass is 10.0. The molecular weight excluding hydrogens is 164 g/mol. The van der Waals surface area contributed by atoms with Crippen LogP contribution in [0.15, 0.2) is 0 Å². The summed E-state index contributed by atoms with van der Waals surface area (Å²) < 4.78 is 5.32. The maximum atomic E-state index is 11.5. The highest BCUT2D eigenvalue weighted by Gasteiger charge is 2.19. The van der Waals surface area contributed by atoms with Crippen LogP contribution in [0.2, 0.25) is 0 Å². The highest BCUT2D eigenvalue weighted by molar-refractivity contribution is 5.72. The molecule has 0 amide bonds. The van der Waals surface area contributed by atoms with Crippen molar-refractivity contribution in [3.8, 4) is 0 Å². The summed E-state index contributed by atoms with van der Waals surface area (Å²) in [6.07, 6.45) is 1.79. The number of rotatable bonds is 5. The van der Waals surface area contributed by atoms with E-state index >= 15 is 0 Å². The van der Waals surface area contributed by atoms with Gasteiger partial charge in [0.25, 0.3) is 0 Å². The summed E-state index contributed by atoms with van der Waals surface area (Å²) in [4.78, 5) is 11.5. The first-order valence-corrected chi connectivity index (χ1v) is 5.23. The zero-order valence-electron chi connectivity index (χ0n) is 9.46. The molecule has 0 aliphatic heterocycles. The Balaban J connectivity index is 3.98. The third-order valence-corrected chi connectivity index (χ3v) is 2.56. The van der Waals surface area contributed by atoms with E-state index in [9.17, 15) is 4.79 Å². The van der Waals surface area contributed by atoms with Gasteiger partial charge < -0.3 is 4.74 Å². The van der Waals surface area contributed by atoms with E-state index in [1.54, 1.807) is 0 Å². The summed E-state index contributed by atoms with van der Waals surface area (Å²) in [5.41, 5.74) is 0. The summed E-state index contributed by atoms with van der Waals surface area (Å²) in [5.74, 6) is 0.450. The molecule has 0 aliphatic carbocycles. The van der Waals surface area contributed by atoms with E-state index < -0.39 is 0 Å². The number of esters is 1. The van der Waals surface area contributed by atoms with Crippen LogP contribution in [0, 0.1) is 11.8 Å². The summed E-state index contributed by atoms with van der Waals surface area (Å²) in [7, 11) is 0. The zero-order valence-corrected chi connectivity index (χ0v) is 9.46. The fraction of sp³-hybridized carbons (Fsp3) is 0.909. The van der Waals surface area contributed by atoms with Crippen molar-refractivity contribution >= 4 is 5.97 Å². The average molecular weight is 186 g/mol. The second kappa shape index (κ2) is 6.01. The Hall–Kier alpha value is -0.530. The Labute approximate surface area is 81.7 Å². The minimum Gasteiger partial charge on any atom is -0.462 e. The molecule has 0 rings (SSSR count). The van der Waals surface area contributed by atoms with E-state index in [1.165, 1.54) is 0 Å². The van der Waals surface area contributed by atoms with Gasteiger partial charge in [-0.3, -0.25) is 4.79 Å². The lowest BCUT2D eigenvalue weighted by Crippen LogP contribution is -2.25. The van der Waals surface area contributed by atoms with Crippen LogP contribution in [0.1, 0.15) is 47.5 Å². The van der Waals surface area contributed by atoms with Gasteiger partial charge in [-0.25, -0.2) is 0 Å². The fourth-order valence-corrected chi connectivity index (χ4v) is 1.04. The van der Waals surface area contributed by atoms with Gasteiger partial charge in [-0.1, -0.05) is 27.7 Å². The maximum Gasteiger partial charge on any atom is 0.309 e. The highest BCUT2D eigenvalue weighted by atomic mass is 16.5. The van der Waals surface area contributed by atoms with Crippen molar-refractivity contribution in [2.24, 2.45) is 11.8 Å². The Kier molecular flexibility index (Phi) is 5.76. The van der Waals surface area contributed by atoms with Crippen molar-refractivity contribution < 1.29 is 9.53 Å². The molecule has 0 aromatic heterocycles. The molecule has 2 nitrogen and oxygen atoms in total. The number of carbonyl (C=O) groups is 1. The molecule has 0 radical (unpaired) electrons. The van der Waals surface area contributed by atoms with E-state index in [4.69, 9.17) is 4.74 Å². The molecule has 1 unspecified atom stereocenters. The lowest BCUT2D eigenvalue weighted by molar-refractivity contribution is -0.155. The molecule has 78 valence electrons. The van der Waals surface area contributed by atoms with Crippen molar-refractivity contribution in [2.45, 2.75) is 53.6 Å². The number of carbonyl (C=O) groups excluding carboxylic acids is 1. The van der Waals surface area contributed by atoms with Crippen LogP contribution in [-0.4, -0.2) is 12.1 Å². The van der Waals surface area contributed by atoms with E-state index in [0.717, 1.165) is 12.8 Å². The predicted octanol–water partition coefficient (Wildman–Crippen LogP) is 3.01. The summed E-state index contributed by atoms with van der Waals surface area (Å²) in [6.45, 7) is 10.1. The van der Waals surface area contributed by atoms with Crippen LogP contribution in [0.25, 0.3) is 0 Å². The summed E-state index contributed by atoms with van der Waals surface area (Å²) in [5, 5.41) is 0. The maximum absolute atomic E-state index is 11.5. The normalized spacial score (nSPS) is 13.5. The third kappa shape index (κ3) is 4.30. The number of ether oxygens (including phenoxy) is 1. The van der Waals surface area contributed by atoms with E-state index in [-0.39, 0.29) is 18.0 Å². The van der Waals surface area contributed by atoms with E-state index in [1.807, 2.05) is 20.8 Å². The summed E-state index contributed by atoms with van der Waals surface area (Å²) >= 11 is 0. The molecule has 1 atom stereocenters. The molecule has 0 bridgehead atoms. The third-order valence-electron chi connectivity index (χ3n) is 2.56. The van der Waals surface area contributed by atoms with Gasteiger partial charge in [-0.2, -0.15) is 0 Å². The Morgan fingerprint density at radius 2 is 1.62 bits per heavy atom. The topological polar surface area (TPSA) is 26.3 Å². The molecule has 0 fully saturated rings. The van der Waals surface area contributed by atoms with Gasteiger partial charge in [0.05, 0.1) is 5.92 Å². The van der Waals surface area contributed by atoms with Gasteiger partial charge in [0.15, 0.2) is 0 Å². The van der Waals surface area contributed by atoms with Crippen molar-refractivity contribution in [1.29, 1.82) is 0 Å². The average Bonchev–Trinajstić information content (AvgIpc) is 2.06. The number of hydrogen-bond donors (Lipinski definition) is 0. The van der Waals surface area contributed by atoms with Gasteiger partial charge in [-0.15, -0.1) is 0 Å². The first-order chi connectivity index (χ1) is 6.02. The molecule has 2 heteroatoms. The van der Waals surface area contributed by atoms with Crippen LogP contribution in [0.5, 0.6) is 0 Å². The van der Waals surface area contributed by atoms with Crippen LogP contribution >= 0.6 is 0 Å². The minimum atomic E-state index is -0.0359. The second-order valence-electron chi connectivity index (χ2n) is 3.90. The molecule has 0 N–H and O–H groups in total.